The van der Waals surface area contributed by atoms with Gasteiger partial charge in [-0.25, -0.2) is 9.97 Å². The molecule has 0 aliphatic rings. The first kappa shape index (κ1) is 9.93. The molecule has 0 atom stereocenters. The fraction of sp³-hybridized carbons (Fsp3) is 0. The third-order valence-corrected chi connectivity index (χ3v) is 1.86. The summed E-state index contributed by atoms with van der Waals surface area (Å²) in [4.78, 5) is 7.76. The van der Waals surface area contributed by atoms with Crippen LogP contribution in [-0.4, -0.2) is 9.97 Å². The summed E-state index contributed by atoms with van der Waals surface area (Å²) < 4.78 is 5.36. The third-order valence-electron chi connectivity index (χ3n) is 1.86. The van der Waals surface area contributed by atoms with E-state index >= 15 is 0 Å². The van der Waals surface area contributed by atoms with E-state index in [1.807, 2.05) is 6.07 Å². The summed E-state index contributed by atoms with van der Waals surface area (Å²) in [5, 5.41) is 8.85. The second-order valence-electron chi connectivity index (χ2n) is 3.01. The smallest absolute Gasteiger partial charge is 0.322 e. The molecule has 2 N–H and O–H groups in total. The average Bonchev–Trinajstić information content (AvgIpc) is 2.33. The van der Waals surface area contributed by atoms with Crippen LogP contribution in [0.2, 0.25) is 0 Å². The lowest BCUT2D eigenvalue weighted by Gasteiger charge is -2.04. The van der Waals surface area contributed by atoms with Gasteiger partial charge in [-0.2, -0.15) is 5.26 Å². The zero-order chi connectivity index (χ0) is 11.4. The third kappa shape index (κ3) is 2.07. The Bertz CT molecular complexity index is 530. The van der Waals surface area contributed by atoms with Crippen molar-refractivity contribution in [3.05, 3.63) is 42.2 Å². The maximum absolute atomic E-state index is 8.85. The van der Waals surface area contributed by atoms with Crippen LogP contribution in [0.5, 0.6) is 11.8 Å². The van der Waals surface area contributed by atoms with Gasteiger partial charge in [0.15, 0.2) is 0 Å². The van der Waals surface area contributed by atoms with Crippen LogP contribution in [0.3, 0.4) is 0 Å². The molecule has 0 fully saturated rings. The molecule has 2 rings (SSSR count). The Morgan fingerprint density at radius 2 is 1.88 bits per heavy atom. The topological polar surface area (TPSA) is 84.8 Å². The zero-order valence-electron chi connectivity index (χ0n) is 8.29. The molecular weight excluding hydrogens is 204 g/mol. The predicted octanol–water partition coefficient (Wildman–Crippen LogP) is 1.72. The van der Waals surface area contributed by atoms with Gasteiger partial charge in [0, 0.05) is 0 Å². The molecule has 2 aromatic rings. The van der Waals surface area contributed by atoms with E-state index in [9.17, 15) is 0 Å². The van der Waals surface area contributed by atoms with Crippen LogP contribution in [-0.2, 0) is 0 Å². The van der Waals surface area contributed by atoms with E-state index < -0.39 is 0 Å². The van der Waals surface area contributed by atoms with Crippen LogP contribution in [0.4, 0.5) is 5.69 Å². The predicted molar refractivity (Wildman–Crippen MR) is 57.7 cm³/mol. The minimum Gasteiger partial charge on any atom is -0.423 e. The highest BCUT2D eigenvalue weighted by molar-refractivity contribution is 5.43. The fourth-order valence-corrected chi connectivity index (χ4v) is 1.13. The lowest BCUT2D eigenvalue weighted by atomic mass is 10.2. The Balaban J connectivity index is 2.27. The van der Waals surface area contributed by atoms with Gasteiger partial charge in [-0.3, -0.25) is 0 Å². The lowest BCUT2D eigenvalue weighted by molar-refractivity contribution is 0.441. The van der Waals surface area contributed by atoms with E-state index in [4.69, 9.17) is 15.7 Å². The molecule has 1 aromatic heterocycles. The van der Waals surface area contributed by atoms with Crippen LogP contribution < -0.4 is 10.5 Å². The molecule has 5 nitrogen and oxygen atoms in total. The largest absolute Gasteiger partial charge is 0.423 e. The molecule has 0 amide bonds. The molecule has 0 aliphatic carbocycles. The molecule has 1 heterocycles. The maximum Gasteiger partial charge on any atom is 0.322 e. The molecule has 0 spiro atoms. The van der Waals surface area contributed by atoms with Crippen LogP contribution in [0.15, 0.2) is 36.7 Å². The van der Waals surface area contributed by atoms with E-state index in [0.717, 1.165) is 0 Å². The SMILES string of the molecule is N#Cc1ccccc1Oc1ncc(N)cn1. The Morgan fingerprint density at radius 3 is 2.56 bits per heavy atom. The number of anilines is 1. The van der Waals surface area contributed by atoms with Gasteiger partial charge in [0.05, 0.1) is 23.6 Å². The van der Waals surface area contributed by atoms with Crippen LogP contribution in [0.25, 0.3) is 0 Å². The summed E-state index contributed by atoms with van der Waals surface area (Å²) in [7, 11) is 0. The Morgan fingerprint density at radius 1 is 1.19 bits per heavy atom. The number of rotatable bonds is 2. The van der Waals surface area contributed by atoms with Gasteiger partial charge in [-0.1, -0.05) is 12.1 Å². The number of nitrogens with two attached hydrogens (primary N) is 1. The average molecular weight is 212 g/mol. The standard InChI is InChI=1S/C11H8N4O/c12-5-8-3-1-2-4-10(8)16-11-14-6-9(13)7-15-11/h1-4,6-7H,13H2. The van der Waals surface area contributed by atoms with E-state index in [2.05, 4.69) is 9.97 Å². The van der Waals surface area contributed by atoms with Gasteiger partial charge < -0.3 is 10.5 Å². The fourth-order valence-electron chi connectivity index (χ4n) is 1.13. The summed E-state index contributed by atoms with van der Waals surface area (Å²) >= 11 is 0. The highest BCUT2D eigenvalue weighted by atomic mass is 16.5. The second-order valence-corrected chi connectivity index (χ2v) is 3.01. The lowest BCUT2D eigenvalue weighted by Crippen LogP contribution is -1.95. The molecule has 78 valence electrons. The first-order chi connectivity index (χ1) is 7.79. The van der Waals surface area contributed by atoms with Gasteiger partial charge in [0.1, 0.15) is 11.8 Å². The Kier molecular flexibility index (Phi) is 2.65. The normalized spacial score (nSPS) is 9.44. The van der Waals surface area contributed by atoms with E-state index in [0.29, 0.717) is 17.0 Å². The van der Waals surface area contributed by atoms with Gasteiger partial charge in [0.2, 0.25) is 0 Å². The van der Waals surface area contributed by atoms with Crippen molar-refractivity contribution >= 4 is 5.69 Å². The van der Waals surface area contributed by atoms with Crippen LogP contribution in [0, 0.1) is 11.3 Å². The van der Waals surface area contributed by atoms with Crippen molar-refractivity contribution in [1.29, 1.82) is 5.26 Å². The molecule has 0 saturated heterocycles. The number of hydrogen-bond acceptors (Lipinski definition) is 5. The monoisotopic (exact) mass is 212 g/mol. The van der Waals surface area contributed by atoms with Crippen molar-refractivity contribution in [2.24, 2.45) is 0 Å². The summed E-state index contributed by atoms with van der Waals surface area (Å²) in [5.41, 5.74) is 6.34. The number of benzene rings is 1. The van der Waals surface area contributed by atoms with Crippen LogP contribution in [0.1, 0.15) is 5.56 Å². The van der Waals surface area contributed by atoms with Gasteiger partial charge in [-0.15, -0.1) is 0 Å². The van der Waals surface area contributed by atoms with Gasteiger partial charge in [0.25, 0.3) is 0 Å². The quantitative estimate of drug-likeness (QED) is 0.819. The molecule has 0 saturated carbocycles. The first-order valence-corrected chi connectivity index (χ1v) is 4.54. The summed E-state index contributed by atoms with van der Waals surface area (Å²) in [6.45, 7) is 0. The number of nitriles is 1. The molecule has 0 bridgehead atoms. The molecule has 0 aliphatic heterocycles. The van der Waals surface area contributed by atoms with E-state index in [-0.39, 0.29) is 6.01 Å². The van der Waals surface area contributed by atoms with Crippen molar-refractivity contribution in [2.75, 3.05) is 5.73 Å². The minimum atomic E-state index is 0.164. The molecular formula is C11H8N4O. The molecule has 1 aromatic carbocycles. The first-order valence-electron chi connectivity index (χ1n) is 4.54. The van der Waals surface area contributed by atoms with Crippen LogP contribution >= 0.6 is 0 Å². The number of nitrogens with zero attached hydrogens (tertiary/aromatic N) is 3. The highest BCUT2D eigenvalue weighted by Gasteiger charge is 2.04. The van der Waals surface area contributed by atoms with Crippen molar-refractivity contribution in [3.63, 3.8) is 0 Å². The molecule has 0 radical (unpaired) electrons. The van der Waals surface area contributed by atoms with Crippen molar-refractivity contribution in [1.82, 2.24) is 9.97 Å². The summed E-state index contributed by atoms with van der Waals surface area (Å²) in [5.74, 6) is 0.426. The van der Waals surface area contributed by atoms with Gasteiger partial charge in [-0.05, 0) is 12.1 Å². The van der Waals surface area contributed by atoms with Gasteiger partial charge >= 0.3 is 6.01 Å². The minimum absolute atomic E-state index is 0.164. The second kappa shape index (κ2) is 4.28. The molecule has 5 heteroatoms. The summed E-state index contributed by atoms with van der Waals surface area (Å²) in [6, 6.07) is 9.05. The molecule has 0 unspecified atom stereocenters. The van der Waals surface area contributed by atoms with Crippen molar-refractivity contribution in [2.45, 2.75) is 0 Å². The van der Waals surface area contributed by atoms with Crippen molar-refractivity contribution in [3.8, 4) is 17.8 Å². The zero-order valence-corrected chi connectivity index (χ0v) is 8.29. The Hall–Kier alpha value is -2.61. The molecule has 16 heavy (non-hydrogen) atoms. The van der Waals surface area contributed by atoms with Crippen molar-refractivity contribution < 1.29 is 4.74 Å². The number of ether oxygens (including phenoxy) is 1. The number of para-hydroxylation sites is 1. The highest BCUT2D eigenvalue weighted by Crippen LogP contribution is 2.21. The summed E-state index contributed by atoms with van der Waals surface area (Å²) in [6.07, 6.45) is 2.88. The number of aromatic nitrogens is 2. The maximum atomic E-state index is 8.85. The number of hydrogen-bond donors (Lipinski definition) is 1. The van der Waals surface area contributed by atoms with E-state index in [1.54, 1.807) is 24.3 Å². The number of nitrogen functional groups attached to an aromatic ring is 1. The van der Waals surface area contributed by atoms with E-state index in [1.165, 1.54) is 12.4 Å². The Labute approximate surface area is 92.1 Å².